The number of halogens is 2. The highest BCUT2D eigenvalue weighted by molar-refractivity contribution is 4.94. The SMILES string of the molecule is CC(NC1CC(C)(C)C1)C(C)(F)F. The van der Waals surface area contributed by atoms with Gasteiger partial charge in [0, 0.05) is 13.0 Å². The summed E-state index contributed by atoms with van der Waals surface area (Å²) in [5.41, 5.74) is 0.348. The lowest BCUT2D eigenvalue weighted by atomic mass is 9.68. The molecule has 0 aromatic heterocycles. The minimum atomic E-state index is -2.61. The number of hydrogen-bond acceptors (Lipinski definition) is 1. The molecule has 0 heterocycles. The van der Waals surface area contributed by atoms with Crippen LogP contribution in [0.2, 0.25) is 0 Å². The molecule has 78 valence electrons. The minimum Gasteiger partial charge on any atom is -0.306 e. The lowest BCUT2D eigenvalue weighted by molar-refractivity contribution is -0.0271. The predicted octanol–water partition coefficient (Wildman–Crippen LogP) is 2.81. The Hall–Kier alpha value is -0.180. The summed E-state index contributed by atoms with van der Waals surface area (Å²) in [6, 6.07) is -0.426. The first-order chi connectivity index (χ1) is 5.71. The van der Waals surface area contributed by atoms with E-state index in [1.165, 1.54) is 0 Å². The molecular formula is C10H19F2N. The summed E-state index contributed by atoms with van der Waals surface area (Å²) in [4.78, 5) is 0. The predicted molar refractivity (Wildman–Crippen MR) is 50.0 cm³/mol. The molecule has 0 spiro atoms. The van der Waals surface area contributed by atoms with Gasteiger partial charge in [-0.05, 0) is 25.2 Å². The Morgan fingerprint density at radius 1 is 1.38 bits per heavy atom. The summed E-state index contributed by atoms with van der Waals surface area (Å²) in [7, 11) is 0. The summed E-state index contributed by atoms with van der Waals surface area (Å²) in [6.07, 6.45) is 2.01. The van der Waals surface area contributed by atoms with Crippen LogP contribution in [0.25, 0.3) is 0 Å². The average molecular weight is 191 g/mol. The number of nitrogens with one attached hydrogen (secondary N) is 1. The van der Waals surface area contributed by atoms with Gasteiger partial charge in [-0.1, -0.05) is 13.8 Å². The van der Waals surface area contributed by atoms with Crippen LogP contribution in [-0.4, -0.2) is 18.0 Å². The maximum absolute atomic E-state index is 12.8. The van der Waals surface area contributed by atoms with Crippen LogP contribution < -0.4 is 5.32 Å². The number of hydrogen-bond donors (Lipinski definition) is 1. The van der Waals surface area contributed by atoms with Crippen LogP contribution in [0.4, 0.5) is 8.78 Å². The first-order valence-electron chi connectivity index (χ1n) is 4.84. The zero-order valence-electron chi connectivity index (χ0n) is 8.82. The molecule has 0 bridgehead atoms. The van der Waals surface area contributed by atoms with Gasteiger partial charge in [-0.25, -0.2) is 8.78 Å². The Morgan fingerprint density at radius 2 is 1.85 bits per heavy atom. The molecule has 1 unspecified atom stereocenters. The highest BCUT2D eigenvalue weighted by Crippen LogP contribution is 2.40. The van der Waals surface area contributed by atoms with Gasteiger partial charge in [0.2, 0.25) is 0 Å². The Balaban J connectivity index is 2.28. The van der Waals surface area contributed by atoms with E-state index in [0.717, 1.165) is 19.8 Å². The molecule has 1 N–H and O–H groups in total. The van der Waals surface area contributed by atoms with Gasteiger partial charge in [0.15, 0.2) is 0 Å². The fourth-order valence-electron chi connectivity index (χ4n) is 1.89. The van der Waals surface area contributed by atoms with Gasteiger partial charge < -0.3 is 5.32 Å². The van der Waals surface area contributed by atoms with Crippen molar-refractivity contribution in [3.05, 3.63) is 0 Å². The van der Waals surface area contributed by atoms with E-state index in [4.69, 9.17) is 0 Å². The molecular weight excluding hydrogens is 172 g/mol. The first-order valence-corrected chi connectivity index (χ1v) is 4.84. The normalized spacial score (nSPS) is 25.4. The Bertz CT molecular complexity index is 176. The van der Waals surface area contributed by atoms with Crippen molar-refractivity contribution in [2.24, 2.45) is 5.41 Å². The van der Waals surface area contributed by atoms with E-state index < -0.39 is 12.0 Å². The second-order valence-corrected chi connectivity index (χ2v) is 5.11. The number of alkyl halides is 2. The van der Waals surface area contributed by atoms with E-state index in [-0.39, 0.29) is 6.04 Å². The molecule has 3 heteroatoms. The molecule has 1 aliphatic rings. The van der Waals surface area contributed by atoms with Crippen LogP contribution in [0.3, 0.4) is 0 Å². The Labute approximate surface area is 78.9 Å². The zero-order valence-corrected chi connectivity index (χ0v) is 8.82. The van der Waals surface area contributed by atoms with Crippen LogP contribution in [0.15, 0.2) is 0 Å². The molecule has 1 aliphatic carbocycles. The van der Waals surface area contributed by atoms with Gasteiger partial charge in [0.25, 0.3) is 5.92 Å². The van der Waals surface area contributed by atoms with Gasteiger partial charge in [-0.2, -0.15) is 0 Å². The summed E-state index contributed by atoms with van der Waals surface area (Å²) in [5, 5.41) is 2.96. The Kier molecular flexibility index (Phi) is 2.68. The molecule has 1 atom stereocenters. The standard InChI is InChI=1S/C10H19F2N/c1-7(10(4,11)12)13-8-5-9(2,3)6-8/h7-8,13H,5-6H2,1-4H3. The third-order valence-corrected chi connectivity index (χ3v) is 2.84. The summed E-state index contributed by atoms with van der Waals surface area (Å²) >= 11 is 0. The molecule has 13 heavy (non-hydrogen) atoms. The zero-order chi connectivity index (χ0) is 10.3. The molecule has 0 radical (unpaired) electrons. The fraction of sp³-hybridized carbons (Fsp3) is 1.00. The van der Waals surface area contributed by atoms with Gasteiger partial charge in [-0.3, -0.25) is 0 Å². The monoisotopic (exact) mass is 191 g/mol. The molecule has 0 saturated heterocycles. The highest BCUT2D eigenvalue weighted by atomic mass is 19.3. The van der Waals surface area contributed by atoms with E-state index in [1.54, 1.807) is 6.92 Å². The van der Waals surface area contributed by atoms with Crippen molar-refractivity contribution in [3.63, 3.8) is 0 Å². The molecule has 1 nitrogen and oxygen atoms in total. The van der Waals surface area contributed by atoms with Gasteiger partial charge in [0.05, 0.1) is 6.04 Å². The second-order valence-electron chi connectivity index (χ2n) is 5.11. The largest absolute Gasteiger partial charge is 0.306 e. The van der Waals surface area contributed by atoms with E-state index in [0.29, 0.717) is 5.41 Å². The van der Waals surface area contributed by atoms with Crippen molar-refractivity contribution < 1.29 is 8.78 Å². The lowest BCUT2D eigenvalue weighted by Crippen LogP contribution is -2.53. The fourth-order valence-corrected chi connectivity index (χ4v) is 1.89. The van der Waals surface area contributed by atoms with Crippen LogP contribution >= 0.6 is 0 Å². The maximum Gasteiger partial charge on any atom is 0.260 e. The van der Waals surface area contributed by atoms with Crippen molar-refractivity contribution in [2.45, 2.75) is 58.5 Å². The molecule has 1 fully saturated rings. The van der Waals surface area contributed by atoms with Crippen molar-refractivity contribution in [3.8, 4) is 0 Å². The molecule has 0 aromatic carbocycles. The van der Waals surface area contributed by atoms with Crippen molar-refractivity contribution in [1.82, 2.24) is 5.32 Å². The maximum atomic E-state index is 12.8. The molecule has 1 saturated carbocycles. The van der Waals surface area contributed by atoms with Gasteiger partial charge in [0.1, 0.15) is 0 Å². The van der Waals surface area contributed by atoms with Crippen molar-refractivity contribution >= 4 is 0 Å². The molecule has 0 aromatic rings. The van der Waals surface area contributed by atoms with Crippen molar-refractivity contribution in [2.75, 3.05) is 0 Å². The van der Waals surface area contributed by atoms with E-state index in [2.05, 4.69) is 19.2 Å². The van der Waals surface area contributed by atoms with E-state index in [9.17, 15) is 8.78 Å². The summed E-state index contributed by atoms with van der Waals surface area (Å²) in [6.45, 7) is 6.85. The smallest absolute Gasteiger partial charge is 0.260 e. The minimum absolute atomic E-state index is 0.288. The molecule has 1 rings (SSSR count). The third kappa shape index (κ3) is 2.90. The summed E-state index contributed by atoms with van der Waals surface area (Å²) in [5.74, 6) is -2.61. The van der Waals surface area contributed by atoms with Crippen LogP contribution in [0.1, 0.15) is 40.5 Å². The average Bonchev–Trinajstić information content (AvgIpc) is 1.80. The number of rotatable bonds is 3. The van der Waals surface area contributed by atoms with Crippen LogP contribution in [0, 0.1) is 5.41 Å². The first kappa shape index (κ1) is 10.9. The highest BCUT2D eigenvalue weighted by Gasteiger charge is 2.39. The second kappa shape index (κ2) is 3.19. The van der Waals surface area contributed by atoms with Crippen LogP contribution in [0.5, 0.6) is 0 Å². The van der Waals surface area contributed by atoms with E-state index >= 15 is 0 Å². The van der Waals surface area contributed by atoms with Crippen LogP contribution in [-0.2, 0) is 0 Å². The third-order valence-electron chi connectivity index (χ3n) is 2.84. The van der Waals surface area contributed by atoms with Crippen molar-refractivity contribution in [1.29, 1.82) is 0 Å². The molecule has 0 aliphatic heterocycles. The van der Waals surface area contributed by atoms with Gasteiger partial charge >= 0.3 is 0 Å². The quantitative estimate of drug-likeness (QED) is 0.723. The molecule has 0 amide bonds. The van der Waals surface area contributed by atoms with E-state index in [1.807, 2.05) is 0 Å². The lowest BCUT2D eigenvalue weighted by Gasteiger charge is -2.44. The topological polar surface area (TPSA) is 12.0 Å². The van der Waals surface area contributed by atoms with Gasteiger partial charge in [-0.15, -0.1) is 0 Å². The Morgan fingerprint density at radius 3 is 2.15 bits per heavy atom. The summed E-state index contributed by atoms with van der Waals surface area (Å²) < 4.78 is 25.5.